The maximum absolute atomic E-state index is 5.56. The molecule has 1 saturated heterocycles. The standard InChI is InChI=1S/C18H29N7S/c1-22(2)9-10-24-11-13-25(14-12-24)18(26)21-20-15-6-8-23(3)16-5-4-7-19-17(15)16/h4-5,7H,6,8-14H2,1-3H3,(H,21,26)/b20-15-. The first kappa shape index (κ1) is 19.0. The molecule has 0 saturated carbocycles. The largest absolute Gasteiger partial charge is 0.372 e. The average molecular weight is 376 g/mol. The molecule has 2 aliphatic heterocycles. The van der Waals surface area contributed by atoms with E-state index in [0.717, 1.165) is 69.3 Å². The Morgan fingerprint density at radius 1 is 1.27 bits per heavy atom. The van der Waals surface area contributed by atoms with Gasteiger partial charge in [0.1, 0.15) is 5.69 Å². The highest BCUT2D eigenvalue weighted by molar-refractivity contribution is 7.80. The molecule has 0 aromatic carbocycles. The summed E-state index contributed by atoms with van der Waals surface area (Å²) >= 11 is 5.56. The van der Waals surface area contributed by atoms with Crippen molar-refractivity contribution in [2.75, 3.05) is 71.9 Å². The van der Waals surface area contributed by atoms with Gasteiger partial charge in [-0.05, 0) is 38.4 Å². The third-order valence-corrected chi connectivity index (χ3v) is 5.31. The number of thiocarbonyl (C=S) groups is 1. The normalized spacial score (nSPS) is 19.8. The summed E-state index contributed by atoms with van der Waals surface area (Å²) in [6, 6.07) is 4.05. The van der Waals surface area contributed by atoms with Gasteiger partial charge in [-0.1, -0.05) is 0 Å². The SMILES string of the molecule is CN(C)CCN1CCN(C(=S)N/N=C2/CCN(C)c3cccnc32)CC1. The lowest BCUT2D eigenvalue weighted by atomic mass is 10.1. The van der Waals surface area contributed by atoms with Gasteiger partial charge < -0.3 is 14.7 Å². The van der Waals surface area contributed by atoms with Gasteiger partial charge in [0.25, 0.3) is 0 Å². The van der Waals surface area contributed by atoms with Gasteiger partial charge in [0.05, 0.1) is 11.4 Å². The number of nitrogens with zero attached hydrogens (tertiary/aromatic N) is 6. The summed E-state index contributed by atoms with van der Waals surface area (Å²) in [4.78, 5) is 13.6. The summed E-state index contributed by atoms with van der Waals surface area (Å²) in [7, 11) is 6.32. The molecule has 142 valence electrons. The number of rotatable bonds is 4. The van der Waals surface area contributed by atoms with Crippen molar-refractivity contribution in [3.8, 4) is 0 Å². The van der Waals surface area contributed by atoms with Crippen LogP contribution in [0.1, 0.15) is 12.1 Å². The molecule has 0 radical (unpaired) electrons. The number of aromatic nitrogens is 1. The second-order valence-corrected chi connectivity index (χ2v) is 7.54. The molecular weight excluding hydrogens is 346 g/mol. The first-order chi connectivity index (χ1) is 12.5. The number of anilines is 1. The van der Waals surface area contributed by atoms with E-state index >= 15 is 0 Å². The van der Waals surface area contributed by atoms with Crippen molar-refractivity contribution in [2.45, 2.75) is 6.42 Å². The lowest BCUT2D eigenvalue weighted by Gasteiger charge is -2.36. The second kappa shape index (κ2) is 8.75. The van der Waals surface area contributed by atoms with Crippen molar-refractivity contribution < 1.29 is 0 Å². The molecule has 1 aromatic rings. The summed E-state index contributed by atoms with van der Waals surface area (Å²) in [5, 5.41) is 5.30. The molecule has 2 aliphatic rings. The Morgan fingerprint density at radius 2 is 2.04 bits per heavy atom. The van der Waals surface area contributed by atoms with E-state index in [-0.39, 0.29) is 0 Å². The van der Waals surface area contributed by atoms with E-state index in [1.54, 1.807) is 0 Å². The summed E-state index contributed by atoms with van der Waals surface area (Å²) in [5.41, 5.74) is 6.15. The van der Waals surface area contributed by atoms with Gasteiger partial charge in [0.2, 0.25) is 0 Å². The Morgan fingerprint density at radius 3 is 2.77 bits per heavy atom. The Kier molecular flexibility index (Phi) is 6.39. The highest BCUT2D eigenvalue weighted by atomic mass is 32.1. The monoisotopic (exact) mass is 375 g/mol. The number of hydrogen-bond donors (Lipinski definition) is 1. The molecule has 0 bridgehead atoms. The van der Waals surface area contributed by atoms with Crippen molar-refractivity contribution in [3.63, 3.8) is 0 Å². The molecule has 7 nitrogen and oxygen atoms in total. The van der Waals surface area contributed by atoms with E-state index in [9.17, 15) is 0 Å². The maximum Gasteiger partial charge on any atom is 0.189 e. The number of piperazine rings is 1. The fourth-order valence-corrected chi connectivity index (χ4v) is 3.48. The lowest BCUT2D eigenvalue weighted by Crippen LogP contribution is -2.52. The fourth-order valence-electron chi connectivity index (χ4n) is 3.25. The van der Waals surface area contributed by atoms with Crippen LogP contribution in [0.4, 0.5) is 5.69 Å². The Bertz CT molecular complexity index is 653. The van der Waals surface area contributed by atoms with Crippen LogP contribution in [0, 0.1) is 0 Å². The minimum atomic E-state index is 0.709. The van der Waals surface area contributed by atoms with Crippen LogP contribution < -0.4 is 10.3 Å². The Hall–Kier alpha value is -1.77. The number of likely N-dealkylation sites (N-methyl/N-ethyl adjacent to an activating group) is 1. The number of hydrogen-bond acceptors (Lipinski definition) is 6. The molecular formula is C18H29N7S. The van der Waals surface area contributed by atoms with E-state index in [2.05, 4.69) is 62.3 Å². The van der Waals surface area contributed by atoms with Gasteiger partial charge in [-0.25, -0.2) is 0 Å². The highest BCUT2D eigenvalue weighted by Crippen LogP contribution is 2.23. The number of fused-ring (bicyclic) bond motifs is 1. The summed E-state index contributed by atoms with van der Waals surface area (Å²) in [5.74, 6) is 0. The molecule has 8 heteroatoms. The van der Waals surface area contributed by atoms with Crippen LogP contribution in [0.15, 0.2) is 23.4 Å². The van der Waals surface area contributed by atoms with Gasteiger partial charge in [-0.15, -0.1) is 0 Å². The van der Waals surface area contributed by atoms with E-state index in [1.165, 1.54) is 0 Å². The fraction of sp³-hybridized carbons (Fsp3) is 0.611. The van der Waals surface area contributed by atoms with Crippen molar-refractivity contribution in [3.05, 3.63) is 24.0 Å². The third-order valence-electron chi connectivity index (χ3n) is 4.96. The minimum Gasteiger partial charge on any atom is -0.372 e. The van der Waals surface area contributed by atoms with Gasteiger partial charge in [0, 0.05) is 65.5 Å². The van der Waals surface area contributed by atoms with E-state index in [1.807, 2.05) is 12.3 Å². The van der Waals surface area contributed by atoms with Gasteiger partial charge in [-0.2, -0.15) is 5.10 Å². The highest BCUT2D eigenvalue weighted by Gasteiger charge is 2.22. The van der Waals surface area contributed by atoms with Crippen molar-refractivity contribution in [1.82, 2.24) is 25.1 Å². The van der Waals surface area contributed by atoms with Crippen LogP contribution in [0.3, 0.4) is 0 Å². The molecule has 0 unspecified atom stereocenters. The van der Waals surface area contributed by atoms with Crippen LogP contribution in [-0.2, 0) is 0 Å². The molecule has 1 fully saturated rings. The predicted molar refractivity (Wildman–Crippen MR) is 111 cm³/mol. The lowest BCUT2D eigenvalue weighted by molar-refractivity contribution is 0.168. The first-order valence-electron chi connectivity index (χ1n) is 9.19. The third kappa shape index (κ3) is 4.69. The van der Waals surface area contributed by atoms with Crippen LogP contribution in [-0.4, -0.2) is 97.5 Å². The topological polar surface area (TPSA) is 50.2 Å². The van der Waals surface area contributed by atoms with Crippen LogP contribution >= 0.6 is 12.2 Å². The summed E-state index contributed by atoms with van der Waals surface area (Å²) < 4.78 is 0. The molecule has 26 heavy (non-hydrogen) atoms. The Labute approximate surface area is 161 Å². The quantitative estimate of drug-likeness (QED) is 0.613. The summed E-state index contributed by atoms with van der Waals surface area (Å²) in [6.07, 6.45) is 2.69. The molecule has 3 heterocycles. The molecule has 1 N–H and O–H groups in total. The molecule has 0 amide bonds. The molecule has 3 rings (SSSR count). The van der Waals surface area contributed by atoms with E-state index < -0.39 is 0 Å². The van der Waals surface area contributed by atoms with Gasteiger partial charge in [-0.3, -0.25) is 15.3 Å². The second-order valence-electron chi connectivity index (χ2n) is 7.15. The smallest absolute Gasteiger partial charge is 0.189 e. The van der Waals surface area contributed by atoms with Crippen molar-refractivity contribution in [2.24, 2.45) is 5.10 Å². The zero-order valence-corrected chi connectivity index (χ0v) is 16.8. The molecule has 1 aromatic heterocycles. The number of hydrazone groups is 1. The Balaban J connectivity index is 1.53. The number of nitrogens with one attached hydrogen (secondary N) is 1. The van der Waals surface area contributed by atoms with E-state index in [0.29, 0.717) is 5.11 Å². The predicted octanol–water partition coefficient (Wildman–Crippen LogP) is 0.679. The molecule has 0 aliphatic carbocycles. The van der Waals surface area contributed by atoms with E-state index in [4.69, 9.17) is 12.2 Å². The molecule has 0 atom stereocenters. The van der Waals surface area contributed by atoms with Crippen molar-refractivity contribution >= 4 is 28.7 Å². The zero-order chi connectivity index (χ0) is 18.5. The zero-order valence-electron chi connectivity index (χ0n) is 16.0. The number of pyridine rings is 1. The van der Waals surface area contributed by atoms with Crippen LogP contribution in [0.25, 0.3) is 0 Å². The van der Waals surface area contributed by atoms with Crippen LogP contribution in [0.5, 0.6) is 0 Å². The average Bonchev–Trinajstić information content (AvgIpc) is 2.66. The van der Waals surface area contributed by atoms with Crippen molar-refractivity contribution in [1.29, 1.82) is 0 Å². The first-order valence-corrected chi connectivity index (χ1v) is 9.60. The van der Waals surface area contributed by atoms with Gasteiger partial charge >= 0.3 is 0 Å². The van der Waals surface area contributed by atoms with Crippen LogP contribution in [0.2, 0.25) is 0 Å². The summed E-state index contributed by atoms with van der Waals surface area (Å²) in [6.45, 7) is 7.12. The molecule has 0 spiro atoms. The minimum absolute atomic E-state index is 0.709. The maximum atomic E-state index is 5.56. The van der Waals surface area contributed by atoms with Gasteiger partial charge in [0.15, 0.2) is 5.11 Å².